The molecular formula is C17H17BrClNO4. The molecule has 0 aliphatic carbocycles. The number of carbonyl (C=O) groups is 1. The lowest BCUT2D eigenvalue weighted by atomic mass is 10.2. The summed E-state index contributed by atoms with van der Waals surface area (Å²) in [6.07, 6.45) is 0. The third-order valence-electron chi connectivity index (χ3n) is 3.27. The molecule has 0 aromatic heterocycles. The van der Waals surface area contributed by atoms with Crippen LogP contribution in [-0.2, 0) is 17.9 Å². The quantitative estimate of drug-likeness (QED) is 0.686. The predicted molar refractivity (Wildman–Crippen MR) is 95.8 cm³/mol. The van der Waals surface area contributed by atoms with E-state index in [0.29, 0.717) is 29.7 Å². The summed E-state index contributed by atoms with van der Waals surface area (Å²) in [5, 5.41) is 12.2. The van der Waals surface area contributed by atoms with Crippen molar-refractivity contribution in [1.29, 1.82) is 0 Å². The van der Waals surface area contributed by atoms with Crippen LogP contribution in [0.1, 0.15) is 11.1 Å². The molecule has 0 aliphatic heterocycles. The van der Waals surface area contributed by atoms with E-state index in [-0.39, 0.29) is 6.54 Å². The molecule has 0 spiro atoms. The zero-order chi connectivity index (χ0) is 17.5. The smallest absolute Gasteiger partial charge is 0.317 e. The van der Waals surface area contributed by atoms with Gasteiger partial charge in [0.15, 0.2) is 11.5 Å². The summed E-state index contributed by atoms with van der Waals surface area (Å²) in [4.78, 5) is 10.6. The highest BCUT2D eigenvalue weighted by molar-refractivity contribution is 9.10. The van der Waals surface area contributed by atoms with Crippen molar-refractivity contribution in [2.75, 3.05) is 13.7 Å². The van der Waals surface area contributed by atoms with Crippen molar-refractivity contribution in [3.63, 3.8) is 0 Å². The van der Waals surface area contributed by atoms with Crippen LogP contribution in [0.3, 0.4) is 0 Å². The minimum atomic E-state index is -0.905. The van der Waals surface area contributed by atoms with Crippen LogP contribution in [0.25, 0.3) is 0 Å². The average molecular weight is 415 g/mol. The number of hydrogen-bond acceptors (Lipinski definition) is 4. The van der Waals surface area contributed by atoms with Crippen LogP contribution in [0.15, 0.2) is 40.9 Å². The Labute approximate surface area is 153 Å². The molecule has 0 aliphatic rings. The van der Waals surface area contributed by atoms with Gasteiger partial charge >= 0.3 is 5.97 Å². The Balaban J connectivity index is 2.11. The van der Waals surface area contributed by atoms with Gasteiger partial charge in [0.25, 0.3) is 0 Å². The van der Waals surface area contributed by atoms with E-state index in [1.807, 2.05) is 24.3 Å². The number of benzene rings is 2. The first-order valence-corrected chi connectivity index (χ1v) is 8.33. The minimum absolute atomic E-state index is 0.112. The summed E-state index contributed by atoms with van der Waals surface area (Å²) in [5.41, 5.74) is 1.75. The second-order valence-electron chi connectivity index (χ2n) is 4.97. The van der Waals surface area contributed by atoms with Crippen molar-refractivity contribution in [3.05, 3.63) is 57.0 Å². The molecule has 2 N–H and O–H groups in total. The largest absolute Gasteiger partial charge is 0.493 e. The molecule has 0 atom stereocenters. The average Bonchev–Trinajstić information content (AvgIpc) is 2.55. The molecule has 0 bridgehead atoms. The van der Waals surface area contributed by atoms with E-state index in [1.54, 1.807) is 19.2 Å². The number of nitrogens with one attached hydrogen (secondary N) is 1. The fourth-order valence-corrected chi connectivity index (χ4v) is 2.71. The number of carboxylic acid groups (broad SMARTS) is 1. The maximum Gasteiger partial charge on any atom is 0.317 e. The second kappa shape index (κ2) is 8.92. The lowest BCUT2D eigenvalue weighted by Crippen LogP contribution is -2.22. The van der Waals surface area contributed by atoms with Gasteiger partial charge in [-0.05, 0) is 23.8 Å². The number of aliphatic carboxylic acids is 1. The third-order valence-corrected chi connectivity index (χ3v) is 4.37. The molecule has 2 aromatic rings. The molecule has 0 saturated carbocycles. The summed E-state index contributed by atoms with van der Waals surface area (Å²) in [5.74, 6) is 0.237. The van der Waals surface area contributed by atoms with Crippen molar-refractivity contribution >= 4 is 33.5 Å². The second-order valence-corrected chi connectivity index (χ2v) is 6.23. The monoisotopic (exact) mass is 413 g/mol. The fraction of sp³-hybridized carbons (Fsp3) is 0.235. The van der Waals surface area contributed by atoms with Gasteiger partial charge in [0, 0.05) is 21.6 Å². The molecule has 0 amide bonds. The zero-order valence-corrected chi connectivity index (χ0v) is 15.4. The third kappa shape index (κ3) is 5.12. The molecule has 128 valence electrons. The van der Waals surface area contributed by atoms with Crippen LogP contribution < -0.4 is 14.8 Å². The summed E-state index contributed by atoms with van der Waals surface area (Å²) in [7, 11) is 1.56. The van der Waals surface area contributed by atoms with Gasteiger partial charge in [-0.15, -0.1) is 0 Å². The highest BCUT2D eigenvalue weighted by Gasteiger charge is 2.11. The molecule has 2 aromatic carbocycles. The molecule has 0 radical (unpaired) electrons. The van der Waals surface area contributed by atoms with Crippen molar-refractivity contribution in [3.8, 4) is 11.5 Å². The Morgan fingerprint density at radius 2 is 2.00 bits per heavy atom. The Hall–Kier alpha value is -1.76. The normalized spacial score (nSPS) is 10.5. The molecule has 2 rings (SSSR count). The molecule has 0 saturated heterocycles. The number of carboxylic acids is 1. The number of ether oxygens (including phenoxy) is 2. The van der Waals surface area contributed by atoms with Crippen LogP contribution >= 0.6 is 27.5 Å². The van der Waals surface area contributed by atoms with E-state index in [2.05, 4.69) is 21.2 Å². The maximum atomic E-state index is 10.6. The van der Waals surface area contributed by atoms with Crippen molar-refractivity contribution < 1.29 is 19.4 Å². The Morgan fingerprint density at radius 1 is 1.25 bits per heavy atom. The molecule has 0 fully saturated rings. The molecule has 5 nitrogen and oxygen atoms in total. The predicted octanol–water partition coefficient (Wildman–Crippen LogP) is 3.86. The Bertz CT molecular complexity index is 724. The molecule has 0 unspecified atom stereocenters. The van der Waals surface area contributed by atoms with E-state index < -0.39 is 5.97 Å². The zero-order valence-electron chi connectivity index (χ0n) is 13.0. The fourth-order valence-electron chi connectivity index (χ4n) is 2.06. The van der Waals surface area contributed by atoms with Gasteiger partial charge < -0.3 is 19.9 Å². The van der Waals surface area contributed by atoms with Crippen molar-refractivity contribution in [2.45, 2.75) is 13.2 Å². The van der Waals surface area contributed by atoms with Crippen molar-refractivity contribution in [1.82, 2.24) is 5.32 Å². The van der Waals surface area contributed by atoms with Gasteiger partial charge in [-0.2, -0.15) is 0 Å². The molecule has 7 heteroatoms. The van der Waals surface area contributed by atoms with Crippen LogP contribution in [0.4, 0.5) is 0 Å². The SMILES string of the molecule is COc1cc(CNCC(=O)O)c(Br)cc1OCc1ccccc1Cl. The van der Waals surface area contributed by atoms with Gasteiger partial charge in [0.05, 0.1) is 13.7 Å². The van der Waals surface area contributed by atoms with Crippen molar-refractivity contribution in [2.24, 2.45) is 0 Å². The van der Waals surface area contributed by atoms with Gasteiger partial charge in [-0.3, -0.25) is 4.79 Å². The number of rotatable bonds is 8. The summed E-state index contributed by atoms with van der Waals surface area (Å²) < 4.78 is 12.0. The molecule has 0 heterocycles. The maximum absolute atomic E-state index is 10.6. The van der Waals surface area contributed by atoms with Crippen LogP contribution in [0, 0.1) is 0 Å². The Morgan fingerprint density at radius 3 is 2.67 bits per heavy atom. The topological polar surface area (TPSA) is 67.8 Å². The van der Waals surface area contributed by atoms with Gasteiger partial charge in [0.2, 0.25) is 0 Å². The first-order valence-electron chi connectivity index (χ1n) is 7.16. The summed E-state index contributed by atoms with van der Waals surface area (Å²) in [6.45, 7) is 0.604. The van der Waals surface area contributed by atoms with E-state index >= 15 is 0 Å². The van der Waals surface area contributed by atoms with Crippen LogP contribution in [-0.4, -0.2) is 24.7 Å². The van der Waals surface area contributed by atoms with E-state index in [4.69, 9.17) is 26.2 Å². The summed E-state index contributed by atoms with van der Waals surface area (Å²) >= 11 is 9.60. The number of halogens is 2. The van der Waals surface area contributed by atoms with Gasteiger partial charge in [-0.1, -0.05) is 45.7 Å². The summed E-state index contributed by atoms with van der Waals surface area (Å²) in [6, 6.07) is 11.1. The van der Waals surface area contributed by atoms with Crippen LogP contribution in [0.5, 0.6) is 11.5 Å². The minimum Gasteiger partial charge on any atom is -0.493 e. The van der Waals surface area contributed by atoms with Crippen LogP contribution in [0.2, 0.25) is 5.02 Å². The Kier molecular flexibility index (Phi) is 6.90. The first kappa shape index (κ1) is 18.6. The molecular weight excluding hydrogens is 398 g/mol. The lowest BCUT2D eigenvalue weighted by Gasteiger charge is -2.14. The number of methoxy groups -OCH3 is 1. The standard InChI is InChI=1S/C17H17BrClNO4/c1-23-15-6-12(8-20-9-17(21)22)13(18)7-16(15)24-10-11-4-2-3-5-14(11)19/h2-7,20H,8-10H2,1H3,(H,21,22). The first-order chi connectivity index (χ1) is 11.5. The van der Waals surface area contributed by atoms with E-state index in [0.717, 1.165) is 15.6 Å². The van der Waals surface area contributed by atoms with Gasteiger partial charge in [0.1, 0.15) is 6.61 Å². The highest BCUT2D eigenvalue weighted by atomic mass is 79.9. The lowest BCUT2D eigenvalue weighted by molar-refractivity contribution is -0.135. The number of hydrogen-bond donors (Lipinski definition) is 2. The van der Waals surface area contributed by atoms with E-state index in [1.165, 1.54) is 0 Å². The van der Waals surface area contributed by atoms with Gasteiger partial charge in [-0.25, -0.2) is 0 Å². The molecule has 24 heavy (non-hydrogen) atoms. The highest BCUT2D eigenvalue weighted by Crippen LogP contribution is 2.34. The van der Waals surface area contributed by atoms with E-state index in [9.17, 15) is 4.79 Å².